The maximum Gasteiger partial charge on any atom is 0.223 e. The van der Waals surface area contributed by atoms with Crippen LogP contribution in [0.2, 0.25) is 0 Å². The van der Waals surface area contributed by atoms with Crippen LogP contribution in [0.5, 0.6) is 0 Å². The van der Waals surface area contributed by atoms with Crippen LogP contribution in [-0.4, -0.2) is 74.9 Å². The normalized spacial score (nSPS) is 24.7. The highest BCUT2D eigenvalue weighted by Gasteiger charge is 2.29. The van der Waals surface area contributed by atoms with Crippen LogP contribution in [0.4, 0.5) is 0 Å². The summed E-state index contributed by atoms with van der Waals surface area (Å²) in [4.78, 5) is 18.7. The lowest BCUT2D eigenvalue weighted by Crippen LogP contribution is -2.47. The van der Waals surface area contributed by atoms with Gasteiger partial charge in [0.05, 0.1) is 25.4 Å². The lowest BCUT2D eigenvalue weighted by molar-refractivity contribution is -0.122. The number of carbonyl (C=O) groups excluding carboxylic acids is 1. The fourth-order valence-electron chi connectivity index (χ4n) is 3.67. The summed E-state index contributed by atoms with van der Waals surface area (Å²) >= 11 is 0. The van der Waals surface area contributed by atoms with Crippen LogP contribution in [0.25, 0.3) is 0 Å². The molecule has 1 aliphatic carbocycles. The second-order valence-corrected chi connectivity index (χ2v) is 7.81. The molecule has 2 heterocycles. The fourth-order valence-corrected chi connectivity index (χ4v) is 3.67. The van der Waals surface area contributed by atoms with Crippen LogP contribution in [0.15, 0.2) is 4.99 Å². The van der Waals surface area contributed by atoms with Crippen molar-refractivity contribution in [1.29, 1.82) is 0 Å². The number of carbonyl (C=O) groups is 1. The number of piperidine rings is 1. The smallest absolute Gasteiger partial charge is 0.223 e. The Balaban J connectivity index is 1.35. The Bertz CT molecular complexity index is 482. The van der Waals surface area contributed by atoms with Crippen LogP contribution >= 0.6 is 0 Å². The third-order valence-electron chi connectivity index (χ3n) is 5.49. The van der Waals surface area contributed by atoms with Gasteiger partial charge in [0, 0.05) is 38.7 Å². The highest BCUT2D eigenvalue weighted by atomic mass is 16.5. The molecular weight excluding hydrogens is 344 g/mol. The van der Waals surface area contributed by atoms with E-state index >= 15 is 0 Å². The lowest BCUT2D eigenvalue weighted by atomic mass is 10.1. The Morgan fingerprint density at radius 1 is 1.15 bits per heavy atom. The first kappa shape index (κ1) is 20.4. The van der Waals surface area contributed by atoms with Crippen molar-refractivity contribution in [3.05, 3.63) is 0 Å². The number of amides is 1. The molecule has 2 aliphatic heterocycles. The van der Waals surface area contributed by atoms with Crippen molar-refractivity contribution in [2.45, 2.75) is 64.1 Å². The van der Waals surface area contributed by atoms with E-state index in [4.69, 9.17) is 9.47 Å². The van der Waals surface area contributed by atoms with Gasteiger partial charge in [-0.05, 0) is 51.9 Å². The molecular formula is C20H36N4O3. The molecule has 2 N–H and O–H groups in total. The van der Waals surface area contributed by atoms with Crippen LogP contribution in [0.1, 0.15) is 51.9 Å². The zero-order valence-corrected chi connectivity index (χ0v) is 16.8. The van der Waals surface area contributed by atoms with Crippen molar-refractivity contribution in [3.8, 4) is 0 Å². The molecule has 0 spiro atoms. The first-order chi connectivity index (χ1) is 13.3. The van der Waals surface area contributed by atoms with Crippen LogP contribution in [0, 0.1) is 5.92 Å². The quantitative estimate of drug-likeness (QED) is 0.379. The third kappa shape index (κ3) is 6.96. The summed E-state index contributed by atoms with van der Waals surface area (Å²) in [6.07, 6.45) is 8.33. The molecule has 1 amide bonds. The highest BCUT2D eigenvalue weighted by molar-refractivity contribution is 5.81. The number of hydrogen-bond acceptors (Lipinski definition) is 4. The number of rotatable bonds is 8. The Kier molecular flexibility index (Phi) is 8.20. The molecule has 27 heavy (non-hydrogen) atoms. The van der Waals surface area contributed by atoms with Gasteiger partial charge in [0.25, 0.3) is 0 Å². The SMILES string of the molecule is CCNC(=NCCNC(=O)C1CC1)N1CCC(OCC2CCCCO2)CC1. The molecule has 0 radical (unpaired) electrons. The second-order valence-electron chi connectivity index (χ2n) is 7.81. The molecule has 154 valence electrons. The summed E-state index contributed by atoms with van der Waals surface area (Å²) in [5, 5.41) is 6.35. The number of nitrogens with zero attached hydrogens (tertiary/aromatic N) is 2. The van der Waals surface area contributed by atoms with Gasteiger partial charge in [0.15, 0.2) is 5.96 Å². The van der Waals surface area contributed by atoms with Gasteiger partial charge in [-0.2, -0.15) is 0 Å². The van der Waals surface area contributed by atoms with Crippen molar-refractivity contribution >= 4 is 11.9 Å². The monoisotopic (exact) mass is 380 g/mol. The first-order valence-corrected chi connectivity index (χ1v) is 10.8. The summed E-state index contributed by atoms with van der Waals surface area (Å²) in [5.74, 6) is 1.41. The van der Waals surface area contributed by atoms with Gasteiger partial charge in [-0.3, -0.25) is 9.79 Å². The second kappa shape index (κ2) is 10.9. The van der Waals surface area contributed by atoms with Gasteiger partial charge >= 0.3 is 0 Å². The number of ether oxygens (including phenoxy) is 2. The van der Waals surface area contributed by atoms with Crippen LogP contribution < -0.4 is 10.6 Å². The topological polar surface area (TPSA) is 75.2 Å². The Morgan fingerprint density at radius 3 is 2.63 bits per heavy atom. The number of nitrogens with one attached hydrogen (secondary N) is 2. The molecule has 1 atom stereocenters. The maximum absolute atomic E-state index is 11.7. The summed E-state index contributed by atoms with van der Waals surface area (Å²) in [5.41, 5.74) is 0. The molecule has 0 aromatic heterocycles. The Morgan fingerprint density at radius 2 is 1.96 bits per heavy atom. The van der Waals surface area contributed by atoms with Gasteiger partial charge in [-0.15, -0.1) is 0 Å². The fraction of sp³-hybridized carbons (Fsp3) is 0.900. The average Bonchev–Trinajstić information content (AvgIpc) is 3.55. The maximum atomic E-state index is 11.7. The van der Waals surface area contributed by atoms with E-state index in [9.17, 15) is 4.79 Å². The molecule has 0 aromatic rings. The summed E-state index contributed by atoms with van der Waals surface area (Å²) in [6.45, 7) is 7.71. The van der Waals surface area contributed by atoms with Crippen molar-refractivity contribution in [3.63, 3.8) is 0 Å². The number of likely N-dealkylation sites (tertiary alicyclic amines) is 1. The molecule has 2 saturated heterocycles. The van der Waals surface area contributed by atoms with Crippen molar-refractivity contribution in [1.82, 2.24) is 15.5 Å². The zero-order valence-electron chi connectivity index (χ0n) is 16.8. The summed E-state index contributed by atoms with van der Waals surface area (Å²) < 4.78 is 11.9. The minimum Gasteiger partial charge on any atom is -0.376 e. The summed E-state index contributed by atoms with van der Waals surface area (Å²) in [7, 11) is 0. The van der Waals surface area contributed by atoms with Crippen molar-refractivity contribution in [2.24, 2.45) is 10.9 Å². The van der Waals surface area contributed by atoms with E-state index in [1.54, 1.807) is 0 Å². The molecule has 3 rings (SSSR count). The van der Waals surface area contributed by atoms with E-state index in [0.717, 1.165) is 70.9 Å². The van der Waals surface area contributed by atoms with Crippen LogP contribution in [0.3, 0.4) is 0 Å². The van der Waals surface area contributed by atoms with Gasteiger partial charge < -0.3 is 25.0 Å². The highest BCUT2D eigenvalue weighted by Crippen LogP contribution is 2.28. The molecule has 7 heteroatoms. The van der Waals surface area contributed by atoms with Gasteiger partial charge in [-0.1, -0.05) is 0 Å². The molecule has 1 unspecified atom stereocenters. The molecule has 0 aromatic carbocycles. The lowest BCUT2D eigenvalue weighted by Gasteiger charge is -2.35. The number of hydrogen-bond donors (Lipinski definition) is 2. The number of aliphatic imine (C=N–C) groups is 1. The minimum atomic E-state index is 0.190. The Hall–Kier alpha value is -1.34. The van der Waals surface area contributed by atoms with Crippen LogP contribution in [-0.2, 0) is 14.3 Å². The molecule has 3 fully saturated rings. The van der Waals surface area contributed by atoms with Gasteiger partial charge in [0.1, 0.15) is 0 Å². The van der Waals surface area contributed by atoms with Crippen molar-refractivity contribution < 1.29 is 14.3 Å². The number of guanidine groups is 1. The van der Waals surface area contributed by atoms with Crippen molar-refractivity contribution in [2.75, 3.05) is 45.9 Å². The predicted molar refractivity (Wildman–Crippen MR) is 106 cm³/mol. The average molecular weight is 381 g/mol. The Labute approximate surface area is 163 Å². The predicted octanol–water partition coefficient (Wildman–Crippen LogP) is 1.53. The van der Waals surface area contributed by atoms with E-state index in [1.165, 1.54) is 12.8 Å². The minimum absolute atomic E-state index is 0.190. The van der Waals surface area contributed by atoms with E-state index < -0.39 is 0 Å². The molecule has 1 saturated carbocycles. The van der Waals surface area contributed by atoms with Gasteiger partial charge in [-0.25, -0.2) is 0 Å². The largest absolute Gasteiger partial charge is 0.376 e. The molecule has 7 nitrogen and oxygen atoms in total. The van der Waals surface area contributed by atoms with Gasteiger partial charge in [0.2, 0.25) is 5.91 Å². The van der Waals surface area contributed by atoms with E-state index in [2.05, 4.69) is 27.4 Å². The molecule has 3 aliphatic rings. The molecule has 0 bridgehead atoms. The first-order valence-electron chi connectivity index (χ1n) is 10.8. The third-order valence-corrected chi connectivity index (χ3v) is 5.49. The zero-order chi connectivity index (χ0) is 18.9. The van der Waals surface area contributed by atoms with E-state index in [1.807, 2.05) is 0 Å². The van der Waals surface area contributed by atoms with E-state index in [0.29, 0.717) is 25.3 Å². The van der Waals surface area contributed by atoms with E-state index in [-0.39, 0.29) is 11.8 Å². The summed E-state index contributed by atoms with van der Waals surface area (Å²) in [6, 6.07) is 0. The standard InChI is InChI=1S/C20H36N4O3/c1-2-21-20(23-11-10-22-19(25)16-6-7-16)24-12-8-17(9-13-24)27-15-18-5-3-4-14-26-18/h16-18H,2-15H2,1H3,(H,21,23)(H,22,25).